The lowest BCUT2D eigenvalue weighted by Crippen LogP contribution is -2.49. The summed E-state index contributed by atoms with van der Waals surface area (Å²) < 4.78 is 50.0. The molecule has 3 aromatic rings. The molecule has 1 fully saturated rings. The Morgan fingerprint density at radius 3 is 2.39 bits per heavy atom. The van der Waals surface area contributed by atoms with Crippen LogP contribution in [0.3, 0.4) is 0 Å². The third-order valence-corrected chi connectivity index (χ3v) is 6.33. The quantitative estimate of drug-likeness (QED) is 0.448. The zero-order chi connectivity index (χ0) is 23.6. The fourth-order valence-electron chi connectivity index (χ4n) is 3.49. The van der Waals surface area contributed by atoms with Crippen molar-refractivity contribution >= 4 is 33.1 Å². The molecule has 0 radical (unpaired) electrons. The molecule has 1 saturated carbocycles. The van der Waals surface area contributed by atoms with Gasteiger partial charge < -0.3 is 16.0 Å². The monoisotopic (exact) mass is 475 g/mol. The number of halogens is 2. The Hall–Kier alpha value is -3.25. The number of pyridine rings is 2. The van der Waals surface area contributed by atoms with Gasteiger partial charge in [0.15, 0.2) is 9.84 Å². The van der Waals surface area contributed by atoms with Crippen molar-refractivity contribution in [3.8, 4) is 0 Å². The number of anilines is 4. The van der Waals surface area contributed by atoms with Crippen LogP contribution in [0.1, 0.15) is 31.4 Å². The summed E-state index contributed by atoms with van der Waals surface area (Å²) in [7, 11) is -3.47. The molecule has 0 spiro atoms. The van der Waals surface area contributed by atoms with Crippen molar-refractivity contribution in [1.82, 2.24) is 25.3 Å². The van der Waals surface area contributed by atoms with Crippen molar-refractivity contribution in [3.05, 3.63) is 54.6 Å². The number of sulfone groups is 1. The molecule has 3 heterocycles. The van der Waals surface area contributed by atoms with E-state index in [2.05, 4.69) is 35.9 Å². The van der Waals surface area contributed by atoms with Crippen molar-refractivity contribution < 1.29 is 17.2 Å². The maximum atomic E-state index is 13.0. The van der Waals surface area contributed by atoms with Gasteiger partial charge in [0.25, 0.3) is 5.92 Å². The second-order valence-corrected chi connectivity index (χ2v) is 9.97. The average molecular weight is 476 g/mol. The topological polar surface area (TPSA) is 122 Å². The SMILES string of the molecule is CC(NC1CC(F)(F)C1)c1ccc(Nc2cc(Nc3ncccc3S(C)(=O)=O)ncn2)nc1. The molecule has 1 aliphatic carbocycles. The van der Waals surface area contributed by atoms with Gasteiger partial charge in [-0.2, -0.15) is 0 Å². The van der Waals surface area contributed by atoms with E-state index in [1.54, 1.807) is 24.4 Å². The average Bonchev–Trinajstić information content (AvgIpc) is 2.73. The summed E-state index contributed by atoms with van der Waals surface area (Å²) in [6.07, 6.45) is 5.30. The third kappa shape index (κ3) is 5.76. The molecule has 33 heavy (non-hydrogen) atoms. The Bertz CT molecular complexity index is 1230. The lowest BCUT2D eigenvalue weighted by molar-refractivity contribution is -0.0945. The molecule has 0 bridgehead atoms. The summed E-state index contributed by atoms with van der Waals surface area (Å²) in [5.74, 6) is -1.08. The molecular formula is C21H23F2N7O2S. The van der Waals surface area contributed by atoms with E-state index in [0.29, 0.717) is 17.5 Å². The van der Waals surface area contributed by atoms with Crippen LogP contribution in [0.4, 0.5) is 32.1 Å². The van der Waals surface area contributed by atoms with Crippen molar-refractivity contribution in [3.63, 3.8) is 0 Å². The molecule has 0 aliphatic heterocycles. The minimum Gasteiger partial charge on any atom is -0.325 e. The number of nitrogens with one attached hydrogen (secondary N) is 3. The Morgan fingerprint density at radius 2 is 1.76 bits per heavy atom. The first-order valence-corrected chi connectivity index (χ1v) is 12.1. The van der Waals surface area contributed by atoms with Crippen LogP contribution in [0.25, 0.3) is 0 Å². The van der Waals surface area contributed by atoms with Gasteiger partial charge in [-0.1, -0.05) is 6.07 Å². The van der Waals surface area contributed by atoms with Gasteiger partial charge in [0.05, 0.1) is 0 Å². The van der Waals surface area contributed by atoms with E-state index in [9.17, 15) is 17.2 Å². The van der Waals surface area contributed by atoms with Crippen molar-refractivity contribution in [2.75, 3.05) is 16.9 Å². The number of aromatic nitrogens is 4. The molecule has 0 aromatic carbocycles. The number of alkyl halides is 2. The van der Waals surface area contributed by atoms with Crippen LogP contribution in [-0.2, 0) is 9.84 Å². The van der Waals surface area contributed by atoms with E-state index in [0.717, 1.165) is 11.8 Å². The van der Waals surface area contributed by atoms with Gasteiger partial charge in [-0.3, -0.25) is 0 Å². The van der Waals surface area contributed by atoms with Crippen molar-refractivity contribution in [2.24, 2.45) is 0 Å². The van der Waals surface area contributed by atoms with Crippen molar-refractivity contribution in [2.45, 2.75) is 42.7 Å². The van der Waals surface area contributed by atoms with Gasteiger partial charge in [-0.05, 0) is 30.7 Å². The van der Waals surface area contributed by atoms with Gasteiger partial charge >= 0.3 is 0 Å². The van der Waals surface area contributed by atoms with Crippen LogP contribution in [-0.4, -0.2) is 46.6 Å². The maximum Gasteiger partial charge on any atom is 0.251 e. The summed E-state index contributed by atoms with van der Waals surface area (Å²) in [4.78, 5) is 16.8. The summed E-state index contributed by atoms with van der Waals surface area (Å²) >= 11 is 0. The number of hydrogen-bond acceptors (Lipinski definition) is 9. The van der Waals surface area contributed by atoms with E-state index in [1.165, 1.54) is 18.6 Å². The second-order valence-electron chi connectivity index (χ2n) is 7.99. The van der Waals surface area contributed by atoms with E-state index in [-0.39, 0.29) is 35.6 Å². The predicted molar refractivity (Wildman–Crippen MR) is 120 cm³/mol. The smallest absolute Gasteiger partial charge is 0.251 e. The van der Waals surface area contributed by atoms with E-state index in [1.807, 2.05) is 13.0 Å². The molecule has 3 N–H and O–H groups in total. The highest BCUT2D eigenvalue weighted by Crippen LogP contribution is 2.38. The normalized spacial score (nSPS) is 16.6. The lowest BCUT2D eigenvalue weighted by Gasteiger charge is -2.37. The first-order valence-electron chi connectivity index (χ1n) is 10.2. The van der Waals surface area contributed by atoms with Gasteiger partial charge in [-0.25, -0.2) is 37.1 Å². The van der Waals surface area contributed by atoms with Crippen LogP contribution in [0.15, 0.2) is 53.9 Å². The molecule has 9 nitrogen and oxygen atoms in total. The molecule has 0 amide bonds. The highest BCUT2D eigenvalue weighted by molar-refractivity contribution is 7.90. The third-order valence-electron chi connectivity index (χ3n) is 5.20. The van der Waals surface area contributed by atoms with E-state index >= 15 is 0 Å². The highest BCUT2D eigenvalue weighted by atomic mass is 32.2. The van der Waals surface area contributed by atoms with E-state index in [4.69, 9.17) is 0 Å². The molecule has 174 valence electrons. The Kier molecular flexibility index (Phi) is 6.21. The Balaban J connectivity index is 1.41. The Labute approximate surface area is 190 Å². The Morgan fingerprint density at radius 1 is 1.03 bits per heavy atom. The minimum atomic E-state index is -3.47. The van der Waals surface area contributed by atoms with Crippen molar-refractivity contribution in [1.29, 1.82) is 0 Å². The first kappa shape index (κ1) is 22.9. The van der Waals surface area contributed by atoms with Crippen LogP contribution in [0.5, 0.6) is 0 Å². The number of hydrogen-bond donors (Lipinski definition) is 3. The van der Waals surface area contributed by atoms with Gasteiger partial charge in [0.1, 0.15) is 34.5 Å². The van der Waals surface area contributed by atoms with Crippen LogP contribution in [0.2, 0.25) is 0 Å². The maximum absolute atomic E-state index is 13.0. The summed E-state index contributed by atoms with van der Waals surface area (Å²) in [5.41, 5.74) is 0.879. The summed E-state index contributed by atoms with van der Waals surface area (Å²) in [5, 5.41) is 9.14. The largest absolute Gasteiger partial charge is 0.325 e. The minimum absolute atomic E-state index is 0.0590. The van der Waals surface area contributed by atoms with Gasteiger partial charge in [0, 0.05) is 49.6 Å². The molecule has 1 unspecified atom stereocenters. The molecule has 4 rings (SSSR count). The number of nitrogens with zero attached hydrogens (tertiary/aromatic N) is 4. The molecule has 1 atom stereocenters. The second kappa shape index (κ2) is 8.94. The van der Waals surface area contributed by atoms with E-state index < -0.39 is 15.8 Å². The fraction of sp³-hybridized carbons (Fsp3) is 0.333. The van der Waals surface area contributed by atoms with Crippen LogP contribution in [0, 0.1) is 0 Å². The first-order chi connectivity index (χ1) is 15.6. The summed E-state index contributed by atoms with van der Waals surface area (Å²) in [6.45, 7) is 1.91. The predicted octanol–water partition coefficient (Wildman–Crippen LogP) is 3.61. The molecule has 3 aromatic heterocycles. The molecule has 1 aliphatic rings. The van der Waals surface area contributed by atoms with Gasteiger partial charge in [0.2, 0.25) is 0 Å². The standard InChI is InChI=1S/C21H23F2N7O2S/c1-13(28-15-9-21(22,23)10-15)14-5-6-17(25-11-14)29-18-8-19(27-12-26-18)30-20-16(33(2,31)32)4-3-7-24-20/h3-8,11-13,15,28H,9-10H2,1-2H3,(H2,24,25,26,27,29,30). The molecule has 0 saturated heterocycles. The zero-order valence-corrected chi connectivity index (χ0v) is 18.8. The van der Waals surface area contributed by atoms with Crippen LogP contribution >= 0.6 is 0 Å². The fourth-order valence-corrected chi connectivity index (χ4v) is 4.28. The zero-order valence-electron chi connectivity index (χ0n) is 18.0. The highest BCUT2D eigenvalue weighted by Gasteiger charge is 2.45. The lowest BCUT2D eigenvalue weighted by atomic mass is 9.87. The molecule has 12 heteroatoms. The summed E-state index contributed by atoms with van der Waals surface area (Å²) in [6, 6.07) is 7.92. The van der Waals surface area contributed by atoms with Crippen LogP contribution < -0.4 is 16.0 Å². The number of rotatable bonds is 8. The van der Waals surface area contributed by atoms with Gasteiger partial charge in [-0.15, -0.1) is 0 Å². The molecular weight excluding hydrogens is 452 g/mol.